The molecule has 1 fully saturated rings. The third-order valence-corrected chi connectivity index (χ3v) is 4.45. The first-order valence-corrected chi connectivity index (χ1v) is 7.48. The Bertz CT molecular complexity index is 837. The highest BCUT2D eigenvalue weighted by atomic mass is 79.9. The lowest BCUT2D eigenvalue weighted by atomic mass is 9.92. The summed E-state index contributed by atoms with van der Waals surface area (Å²) in [5.74, 6) is 0.836. The van der Waals surface area contributed by atoms with Gasteiger partial charge in [-0.25, -0.2) is 9.97 Å². The Hall–Kier alpha value is -1.80. The molecular weight excluding hydrogens is 334 g/mol. The van der Waals surface area contributed by atoms with Crippen LogP contribution in [0.25, 0.3) is 16.8 Å². The summed E-state index contributed by atoms with van der Waals surface area (Å²) >= 11 is 3.44. The fourth-order valence-electron chi connectivity index (χ4n) is 2.72. The van der Waals surface area contributed by atoms with Crippen LogP contribution in [-0.4, -0.2) is 50.2 Å². The zero-order valence-corrected chi connectivity index (χ0v) is 13.3. The molecule has 0 saturated carbocycles. The SMILES string of the molecule is CNC1(C)CN(c2nc3ncc(Br)cc3n3cnnc23)C1. The first-order chi connectivity index (χ1) is 10.1. The molecule has 1 aliphatic rings. The molecule has 4 heterocycles. The third-order valence-electron chi connectivity index (χ3n) is 4.02. The van der Waals surface area contributed by atoms with Gasteiger partial charge < -0.3 is 10.2 Å². The standard InChI is InChI=1S/C13H14BrN7/c1-13(15-2)5-20(6-13)11-12-19-17-7-21(12)9-3-8(14)4-16-10(9)18-11/h3-4,7,15H,5-6H2,1-2H3. The lowest BCUT2D eigenvalue weighted by Crippen LogP contribution is -2.67. The van der Waals surface area contributed by atoms with E-state index in [-0.39, 0.29) is 5.54 Å². The van der Waals surface area contributed by atoms with Crippen molar-refractivity contribution in [1.29, 1.82) is 0 Å². The van der Waals surface area contributed by atoms with Gasteiger partial charge in [0, 0.05) is 23.8 Å². The molecule has 0 radical (unpaired) electrons. The zero-order valence-electron chi connectivity index (χ0n) is 11.7. The van der Waals surface area contributed by atoms with E-state index in [9.17, 15) is 0 Å². The lowest BCUT2D eigenvalue weighted by molar-refractivity contribution is 0.302. The maximum atomic E-state index is 4.68. The van der Waals surface area contributed by atoms with Crippen LogP contribution in [0.5, 0.6) is 0 Å². The summed E-state index contributed by atoms with van der Waals surface area (Å²) in [6.07, 6.45) is 3.46. The summed E-state index contributed by atoms with van der Waals surface area (Å²) in [4.78, 5) is 11.3. The molecule has 1 saturated heterocycles. The Labute approximate surface area is 129 Å². The summed E-state index contributed by atoms with van der Waals surface area (Å²) < 4.78 is 2.84. The minimum absolute atomic E-state index is 0.126. The summed E-state index contributed by atoms with van der Waals surface area (Å²) in [5, 5.41) is 11.6. The van der Waals surface area contributed by atoms with Gasteiger partial charge in [-0.2, -0.15) is 0 Å². The molecule has 3 aromatic heterocycles. The molecule has 4 rings (SSSR count). The molecule has 1 N–H and O–H groups in total. The molecular formula is C13H14BrN7. The highest BCUT2D eigenvalue weighted by Gasteiger charge is 2.39. The molecule has 1 aliphatic heterocycles. The molecule has 0 spiro atoms. The van der Waals surface area contributed by atoms with Gasteiger partial charge in [0.15, 0.2) is 11.5 Å². The van der Waals surface area contributed by atoms with Crippen molar-refractivity contribution < 1.29 is 0 Å². The Balaban J connectivity index is 1.89. The van der Waals surface area contributed by atoms with Crippen LogP contribution in [-0.2, 0) is 0 Å². The highest BCUT2D eigenvalue weighted by Crippen LogP contribution is 2.30. The number of halogens is 1. The van der Waals surface area contributed by atoms with Crippen LogP contribution in [0.4, 0.5) is 5.82 Å². The molecule has 3 aromatic rings. The van der Waals surface area contributed by atoms with E-state index in [0.29, 0.717) is 5.65 Å². The number of fused-ring (bicyclic) bond motifs is 3. The van der Waals surface area contributed by atoms with Gasteiger partial charge in [0.1, 0.15) is 6.33 Å². The zero-order chi connectivity index (χ0) is 14.6. The summed E-state index contributed by atoms with van der Waals surface area (Å²) in [6.45, 7) is 3.98. The number of nitrogens with one attached hydrogen (secondary N) is 1. The van der Waals surface area contributed by atoms with Crippen molar-refractivity contribution in [2.45, 2.75) is 12.5 Å². The molecule has 8 heteroatoms. The van der Waals surface area contributed by atoms with Crippen LogP contribution in [0.1, 0.15) is 6.92 Å². The van der Waals surface area contributed by atoms with Crippen molar-refractivity contribution in [2.75, 3.05) is 25.0 Å². The number of hydrogen-bond acceptors (Lipinski definition) is 6. The minimum Gasteiger partial charge on any atom is -0.350 e. The second-order valence-electron chi connectivity index (χ2n) is 5.62. The topological polar surface area (TPSA) is 71.2 Å². The second kappa shape index (κ2) is 4.35. The average molecular weight is 348 g/mol. The number of rotatable bonds is 2. The van der Waals surface area contributed by atoms with E-state index >= 15 is 0 Å². The molecule has 0 atom stereocenters. The summed E-state index contributed by atoms with van der Waals surface area (Å²) in [7, 11) is 1.98. The first-order valence-electron chi connectivity index (χ1n) is 6.68. The van der Waals surface area contributed by atoms with Crippen LogP contribution in [0.15, 0.2) is 23.1 Å². The summed E-state index contributed by atoms with van der Waals surface area (Å²) in [5.41, 5.74) is 2.48. The van der Waals surface area contributed by atoms with Gasteiger partial charge in [-0.3, -0.25) is 4.40 Å². The van der Waals surface area contributed by atoms with Gasteiger partial charge in [-0.1, -0.05) is 0 Å². The monoisotopic (exact) mass is 347 g/mol. The van der Waals surface area contributed by atoms with Crippen molar-refractivity contribution in [3.05, 3.63) is 23.1 Å². The normalized spacial score (nSPS) is 17.4. The van der Waals surface area contributed by atoms with E-state index in [0.717, 1.165) is 34.5 Å². The van der Waals surface area contributed by atoms with E-state index in [2.05, 4.69) is 53.2 Å². The van der Waals surface area contributed by atoms with E-state index in [4.69, 9.17) is 0 Å². The van der Waals surface area contributed by atoms with E-state index < -0.39 is 0 Å². The molecule has 7 nitrogen and oxygen atoms in total. The Morgan fingerprint density at radius 1 is 1.38 bits per heavy atom. The number of nitrogens with zero attached hydrogens (tertiary/aromatic N) is 6. The van der Waals surface area contributed by atoms with Crippen molar-refractivity contribution in [3.63, 3.8) is 0 Å². The van der Waals surface area contributed by atoms with Gasteiger partial charge in [0.25, 0.3) is 0 Å². The van der Waals surface area contributed by atoms with E-state index in [1.165, 1.54) is 0 Å². The van der Waals surface area contributed by atoms with Crippen molar-refractivity contribution >= 4 is 38.6 Å². The predicted molar refractivity (Wildman–Crippen MR) is 83.5 cm³/mol. The largest absolute Gasteiger partial charge is 0.350 e. The fourth-order valence-corrected chi connectivity index (χ4v) is 3.03. The quantitative estimate of drug-likeness (QED) is 0.751. The van der Waals surface area contributed by atoms with Crippen LogP contribution in [0, 0.1) is 0 Å². The van der Waals surface area contributed by atoms with Crippen molar-refractivity contribution in [1.82, 2.24) is 29.9 Å². The summed E-state index contributed by atoms with van der Waals surface area (Å²) in [6, 6.07) is 1.98. The maximum Gasteiger partial charge on any atom is 0.204 e. The molecule has 0 unspecified atom stereocenters. The smallest absolute Gasteiger partial charge is 0.204 e. The van der Waals surface area contributed by atoms with Crippen molar-refractivity contribution in [3.8, 4) is 0 Å². The Kier molecular flexibility index (Phi) is 2.67. The number of likely N-dealkylation sites (N-methyl/N-ethyl adjacent to an activating group) is 1. The Morgan fingerprint density at radius 3 is 2.95 bits per heavy atom. The van der Waals surface area contributed by atoms with Crippen molar-refractivity contribution in [2.24, 2.45) is 0 Å². The number of hydrogen-bond donors (Lipinski definition) is 1. The average Bonchev–Trinajstić information content (AvgIpc) is 2.93. The maximum absolute atomic E-state index is 4.68. The highest BCUT2D eigenvalue weighted by molar-refractivity contribution is 9.10. The fraction of sp³-hybridized carbons (Fsp3) is 0.385. The van der Waals surface area contributed by atoms with Gasteiger partial charge in [-0.05, 0) is 36.0 Å². The van der Waals surface area contributed by atoms with Gasteiger partial charge >= 0.3 is 0 Å². The van der Waals surface area contributed by atoms with E-state index in [1.54, 1.807) is 12.5 Å². The van der Waals surface area contributed by atoms with E-state index in [1.807, 2.05) is 17.5 Å². The van der Waals surface area contributed by atoms with Crippen LogP contribution < -0.4 is 10.2 Å². The lowest BCUT2D eigenvalue weighted by Gasteiger charge is -2.48. The predicted octanol–water partition coefficient (Wildman–Crippen LogP) is 1.23. The number of pyridine rings is 1. The van der Waals surface area contributed by atoms with Gasteiger partial charge in [-0.15, -0.1) is 10.2 Å². The van der Waals surface area contributed by atoms with Crippen LogP contribution in [0.3, 0.4) is 0 Å². The third kappa shape index (κ3) is 1.90. The number of aromatic nitrogens is 5. The number of anilines is 1. The van der Waals surface area contributed by atoms with Crippen LogP contribution >= 0.6 is 15.9 Å². The molecule has 108 valence electrons. The van der Waals surface area contributed by atoms with Gasteiger partial charge in [0.05, 0.1) is 11.1 Å². The molecule has 0 aromatic carbocycles. The Morgan fingerprint density at radius 2 is 2.19 bits per heavy atom. The second-order valence-corrected chi connectivity index (χ2v) is 6.54. The molecule has 0 amide bonds. The first kappa shape index (κ1) is 12.9. The molecule has 0 aliphatic carbocycles. The van der Waals surface area contributed by atoms with Crippen LogP contribution in [0.2, 0.25) is 0 Å². The van der Waals surface area contributed by atoms with Gasteiger partial charge in [0.2, 0.25) is 5.65 Å². The molecule has 21 heavy (non-hydrogen) atoms. The molecule has 0 bridgehead atoms. The minimum atomic E-state index is 0.126.